The van der Waals surface area contributed by atoms with Crippen LogP contribution in [0.4, 0.5) is 5.69 Å². The van der Waals surface area contributed by atoms with E-state index in [1.165, 1.54) is 12.8 Å². The van der Waals surface area contributed by atoms with Gasteiger partial charge in [0.15, 0.2) is 0 Å². The summed E-state index contributed by atoms with van der Waals surface area (Å²) in [6.07, 6.45) is 2.60. The van der Waals surface area contributed by atoms with Crippen LogP contribution in [0.2, 0.25) is 0 Å². The van der Waals surface area contributed by atoms with Crippen molar-refractivity contribution in [1.29, 1.82) is 5.26 Å². The first-order chi connectivity index (χ1) is 8.07. The van der Waals surface area contributed by atoms with Crippen LogP contribution in [0.5, 0.6) is 0 Å². The molecule has 1 N–H and O–H groups in total. The van der Waals surface area contributed by atoms with Crippen molar-refractivity contribution in [3.8, 4) is 6.07 Å². The smallest absolute Gasteiger partial charge is 0.101 e. The van der Waals surface area contributed by atoms with Gasteiger partial charge in [-0.15, -0.1) is 0 Å². The molecule has 0 radical (unpaired) electrons. The van der Waals surface area contributed by atoms with Gasteiger partial charge in [-0.3, -0.25) is 0 Å². The molecule has 1 aliphatic carbocycles. The zero-order valence-electron chi connectivity index (χ0n) is 10.3. The maximum Gasteiger partial charge on any atom is 0.101 e. The predicted molar refractivity (Wildman–Crippen MR) is 73.9 cm³/mol. The molecule has 17 heavy (non-hydrogen) atoms. The SMILES string of the molecule is CC(C)C1(CNc2ccc(Br)cc2C#N)CC1. The van der Waals surface area contributed by atoms with Gasteiger partial charge in [0.25, 0.3) is 0 Å². The Hall–Kier alpha value is -1.01. The minimum atomic E-state index is 0.458. The monoisotopic (exact) mass is 292 g/mol. The van der Waals surface area contributed by atoms with E-state index in [4.69, 9.17) is 5.26 Å². The summed E-state index contributed by atoms with van der Waals surface area (Å²) in [5.74, 6) is 0.705. The Morgan fingerprint density at radius 3 is 2.71 bits per heavy atom. The van der Waals surface area contributed by atoms with Crippen LogP contribution < -0.4 is 5.32 Å². The lowest BCUT2D eigenvalue weighted by Gasteiger charge is -2.21. The quantitative estimate of drug-likeness (QED) is 0.904. The lowest BCUT2D eigenvalue weighted by atomic mass is 9.92. The van der Waals surface area contributed by atoms with Crippen LogP contribution in [-0.4, -0.2) is 6.54 Å². The number of nitrogens with one attached hydrogen (secondary N) is 1. The van der Waals surface area contributed by atoms with Gasteiger partial charge >= 0.3 is 0 Å². The van der Waals surface area contributed by atoms with Crippen LogP contribution in [-0.2, 0) is 0 Å². The minimum absolute atomic E-state index is 0.458. The van der Waals surface area contributed by atoms with Gasteiger partial charge in [0.05, 0.1) is 11.3 Å². The Balaban J connectivity index is 2.07. The molecule has 0 atom stereocenters. The average molecular weight is 293 g/mol. The molecule has 0 spiro atoms. The Bertz CT molecular complexity index is 456. The zero-order valence-corrected chi connectivity index (χ0v) is 11.8. The fraction of sp³-hybridized carbons (Fsp3) is 0.500. The van der Waals surface area contributed by atoms with E-state index in [0.29, 0.717) is 16.9 Å². The van der Waals surface area contributed by atoms with Crippen molar-refractivity contribution in [3.05, 3.63) is 28.2 Å². The molecule has 1 saturated carbocycles. The van der Waals surface area contributed by atoms with E-state index >= 15 is 0 Å². The Kier molecular flexibility index (Phi) is 3.44. The van der Waals surface area contributed by atoms with Crippen LogP contribution in [0, 0.1) is 22.7 Å². The van der Waals surface area contributed by atoms with Gasteiger partial charge in [-0.2, -0.15) is 5.26 Å². The van der Waals surface area contributed by atoms with E-state index in [2.05, 4.69) is 41.2 Å². The molecule has 1 aromatic carbocycles. The van der Waals surface area contributed by atoms with E-state index in [1.807, 2.05) is 18.2 Å². The summed E-state index contributed by atoms with van der Waals surface area (Å²) in [7, 11) is 0. The summed E-state index contributed by atoms with van der Waals surface area (Å²) in [6, 6.07) is 8.03. The van der Waals surface area contributed by atoms with Crippen LogP contribution in [0.3, 0.4) is 0 Å². The van der Waals surface area contributed by atoms with Gasteiger partial charge in [0.1, 0.15) is 6.07 Å². The second-order valence-electron chi connectivity index (χ2n) is 5.17. The predicted octanol–water partition coefficient (Wildman–Crippen LogP) is 4.17. The Morgan fingerprint density at radius 2 is 2.18 bits per heavy atom. The molecule has 0 unspecified atom stereocenters. The molecule has 2 rings (SSSR count). The maximum absolute atomic E-state index is 9.09. The van der Waals surface area contributed by atoms with Crippen LogP contribution in [0.1, 0.15) is 32.3 Å². The molecule has 1 aromatic rings. The van der Waals surface area contributed by atoms with E-state index < -0.39 is 0 Å². The number of benzene rings is 1. The molecule has 0 amide bonds. The molecular weight excluding hydrogens is 276 g/mol. The number of halogens is 1. The molecule has 1 fully saturated rings. The van der Waals surface area contributed by atoms with Crippen molar-refractivity contribution in [2.45, 2.75) is 26.7 Å². The van der Waals surface area contributed by atoms with Crippen LogP contribution in [0.25, 0.3) is 0 Å². The highest BCUT2D eigenvalue weighted by molar-refractivity contribution is 9.10. The third-order valence-electron chi connectivity index (χ3n) is 3.85. The highest BCUT2D eigenvalue weighted by Crippen LogP contribution is 2.51. The molecule has 0 heterocycles. The molecule has 90 valence electrons. The summed E-state index contributed by atoms with van der Waals surface area (Å²) in [5.41, 5.74) is 2.11. The second kappa shape index (κ2) is 4.70. The van der Waals surface area contributed by atoms with Crippen molar-refractivity contribution >= 4 is 21.6 Å². The molecular formula is C14H17BrN2. The Morgan fingerprint density at radius 1 is 1.47 bits per heavy atom. The third-order valence-corrected chi connectivity index (χ3v) is 4.34. The van der Waals surface area contributed by atoms with Gasteiger partial charge in [-0.05, 0) is 42.4 Å². The number of nitrogens with zero attached hydrogens (tertiary/aromatic N) is 1. The van der Waals surface area contributed by atoms with Gasteiger partial charge < -0.3 is 5.32 Å². The molecule has 0 aliphatic heterocycles. The summed E-state index contributed by atoms with van der Waals surface area (Å²) in [6.45, 7) is 5.53. The third kappa shape index (κ3) is 2.63. The topological polar surface area (TPSA) is 35.8 Å². The van der Waals surface area contributed by atoms with Gasteiger partial charge in [0, 0.05) is 11.0 Å². The molecule has 2 nitrogen and oxygen atoms in total. The van der Waals surface area contributed by atoms with Crippen molar-refractivity contribution in [3.63, 3.8) is 0 Å². The number of anilines is 1. The van der Waals surface area contributed by atoms with Gasteiger partial charge in [-0.25, -0.2) is 0 Å². The number of rotatable bonds is 4. The van der Waals surface area contributed by atoms with Crippen molar-refractivity contribution < 1.29 is 0 Å². The number of hydrogen-bond acceptors (Lipinski definition) is 2. The first-order valence-electron chi connectivity index (χ1n) is 6.01. The van der Waals surface area contributed by atoms with Crippen molar-refractivity contribution in [2.24, 2.45) is 11.3 Å². The summed E-state index contributed by atoms with van der Waals surface area (Å²) in [5, 5.41) is 12.5. The largest absolute Gasteiger partial charge is 0.383 e. The minimum Gasteiger partial charge on any atom is -0.383 e. The average Bonchev–Trinajstić information content (AvgIpc) is 3.08. The van der Waals surface area contributed by atoms with E-state index in [9.17, 15) is 0 Å². The number of hydrogen-bond donors (Lipinski definition) is 1. The van der Waals surface area contributed by atoms with E-state index in [1.54, 1.807) is 0 Å². The molecule has 1 aliphatic rings. The molecule has 0 aromatic heterocycles. The lowest BCUT2D eigenvalue weighted by molar-refractivity contribution is 0.380. The molecule has 0 saturated heterocycles. The summed E-state index contributed by atoms with van der Waals surface area (Å²) < 4.78 is 0.949. The van der Waals surface area contributed by atoms with Crippen molar-refractivity contribution in [1.82, 2.24) is 0 Å². The van der Waals surface area contributed by atoms with Gasteiger partial charge in [-0.1, -0.05) is 29.8 Å². The summed E-state index contributed by atoms with van der Waals surface area (Å²) >= 11 is 3.38. The normalized spacial score (nSPS) is 16.6. The zero-order chi connectivity index (χ0) is 12.5. The van der Waals surface area contributed by atoms with Crippen molar-refractivity contribution in [2.75, 3.05) is 11.9 Å². The van der Waals surface area contributed by atoms with Gasteiger partial charge in [0.2, 0.25) is 0 Å². The lowest BCUT2D eigenvalue weighted by Crippen LogP contribution is -2.21. The highest BCUT2D eigenvalue weighted by atomic mass is 79.9. The fourth-order valence-electron chi connectivity index (χ4n) is 2.15. The maximum atomic E-state index is 9.09. The first kappa shape index (κ1) is 12.4. The standard InChI is InChI=1S/C14H17BrN2/c1-10(2)14(5-6-14)9-17-13-4-3-12(15)7-11(13)8-16/h3-4,7,10,17H,5-6,9H2,1-2H3. The molecule has 0 bridgehead atoms. The summed E-state index contributed by atoms with van der Waals surface area (Å²) in [4.78, 5) is 0. The highest BCUT2D eigenvalue weighted by Gasteiger charge is 2.44. The van der Waals surface area contributed by atoms with Crippen LogP contribution >= 0.6 is 15.9 Å². The van der Waals surface area contributed by atoms with E-state index in [0.717, 1.165) is 16.7 Å². The first-order valence-corrected chi connectivity index (χ1v) is 6.80. The fourth-order valence-corrected chi connectivity index (χ4v) is 2.51. The Labute approximate surface area is 111 Å². The second-order valence-corrected chi connectivity index (χ2v) is 6.09. The number of nitriles is 1. The van der Waals surface area contributed by atoms with Crippen LogP contribution in [0.15, 0.2) is 22.7 Å². The van der Waals surface area contributed by atoms with E-state index in [-0.39, 0.29) is 0 Å². The molecule has 3 heteroatoms.